The monoisotopic (exact) mass is 736 g/mol. The van der Waals surface area contributed by atoms with Crippen LogP contribution in [0.4, 0.5) is 9.59 Å². The van der Waals surface area contributed by atoms with Crippen LogP contribution in [0, 0.1) is 10.8 Å². The standard InChI is InChI=1S/C38H52N6O8/c1-37(2,3)31(41-35(49)51-6)34(48)43-44(22-26-16-18-27(19-17-26)28-15-11-12-20-39-28)23-30(46)29(21-25-13-9-8-10-14-25)40-33(47)32(38(4,5)24-45)42-36(50)52-7/h8-20,29-32,45-46H,21-24H2,1-7H3,(H,40,47)(H,41,49)(H,42,50)(H,43,48)/t29-,30-,31+,32+/m0/s1/i1D3,2D3,3D3,6D3,22D2,23D2. The molecule has 0 fully saturated rings. The number of rotatable bonds is 16. The van der Waals surface area contributed by atoms with E-state index in [1.807, 2.05) is 0 Å². The molecule has 0 unspecified atom stereocenters. The average Bonchev–Trinajstić information content (AvgIpc) is 3.22. The minimum Gasteiger partial charge on any atom is -0.453 e. The van der Waals surface area contributed by atoms with E-state index >= 15 is 0 Å². The first-order valence-corrected chi connectivity index (χ1v) is 15.6. The van der Waals surface area contributed by atoms with Crippen molar-refractivity contribution in [2.45, 2.75) is 71.6 Å². The zero-order chi connectivity index (χ0) is 52.1. The van der Waals surface area contributed by atoms with Crippen molar-refractivity contribution in [2.24, 2.45) is 10.8 Å². The number of hydrogen-bond acceptors (Lipinski definition) is 10. The van der Waals surface area contributed by atoms with Crippen molar-refractivity contribution in [1.82, 2.24) is 31.4 Å². The number of alkyl carbamates (subject to hydrolysis) is 2. The Kier molecular flexibility index (Phi) is 8.57. The van der Waals surface area contributed by atoms with Crippen molar-refractivity contribution in [1.29, 1.82) is 0 Å². The second-order valence-corrected chi connectivity index (χ2v) is 12.1. The first kappa shape index (κ1) is 23.5. The van der Waals surface area contributed by atoms with Crippen molar-refractivity contribution in [3.05, 3.63) is 90.1 Å². The lowest BCUT2D eigenvalue weighted by atomic mass is 9.84. The lowest BCUT2D eigenvalue weighted by Crippen LogP contribution is -2.61. The summed E-state index contributed by atoms with van der Waals surface area (Å²) in [4.78, 5) is 58.5. The molecule has 6 N–H and O–H groups in total. The lowest BCUT2D eigenvalue weighted by Gasteiger charge is -2.36. The molecule has 0 saturated heterocycles. The van der Waals surface area contributed by atoms with Gasteiger partial charge in [0.05, 0.1) is 45.4 Å². The number of hydrogen-bond donors (Lipinski definition) is 6. The van der Waals surface area contributed by atoms with Gasteiger partial charge in [0, 0.05) is 45.2 Å². The van der Waals surface area contributed by atoms with Gasteiger partial charge in [-0.05, 0) is 35.1 Å². The topological polar surface area (TPSA) is 191 Å². The minimum absolute atomic E-state index is 0.276. The Morgan fingerprint density at radius 2 is 1.52 bits per heavy atom. The fourth-order valence-corrected chi connectivity index (χ4v) is 4.64. The van der Waals surface area contributed by atoms with E-state index in [1.54, 1.807) is 29.7 Å². The summed E-state index contributed by atoms with van der Waals surface area (Å²) in [5.74, 6) is -3.46. The molecule has 0 spiro atoms. The zero-order valence-electron chi connectivity index (χ0n) is 44.5. The third kappa shape index (κ3) is 12.3. The second-order valence-electron chi connectivity index (χ2n) is 12.1. The maximum atomic E-state index is 14.7. The molecule has 1 aromatic heterocycles. The van der Waals surface area contributed by atoms with E-state index in [-0.39, 0.29) is 5.01 Å². The summed E-state index contributed by atoms with van der Waals surface area (Å²) < 4.78 is 142. The van der Waals surface area contributed by atoms with E-state index in [4.69, 9.17) is 16.4 Å². The molecule has 1 heterocycles. The third-order valence-electron chi connectivity index (χ3n) is 7.53. The maximum absolute atomic E-state index is 14.7. The second kappa shape index (κ2) is 19.0. The summed E-state index contributed by atoms with van der Waals surface area (Å²) in [7, 11) is -2.69. The summed E-state index contributed by atoms with van der Waals surface area (Å²) in [6.07, 6.45) is -5.23. The van der Waals surface area contributed by atoms with Crippen molar-refractivity contribution >= 4 is 24.0 Å². The van der Waals surface area contributed by atoms with Crippen LogP contribution < -0.4 is 21.4 Å². The Bertz CT molecular complexity index is 2160. The number of aromatic nitrogens is 1. The quantitative estimate of drug-likeness (QED) is 0.119. The molecule has 0 radical (unpaired) electrons. The fourth-order valence-electron chi connectivity index (χ4n) is 4.64. The summed E-state index contributed by atoms with van der Waals surface area (Å²) in [5.41, 5.74) is -3.72. The SMILES string of the molecule is [2H]C([2H])([2H])OC(=O)N[C@H](C(=O)NN(C([2H])([2H])c1ccc(-c2ccccn2)cc1)C([2H])([2H])[C@H](O)[C@H](Cc1ccccc1)NC(=O)[C@@H](NC(=O)OC)C(C)(C)CO)C(C([2H])([2H])[2H])(C([2H])([2H])[2H])C([2H])([2H])[2H]. The third-order valence-corrected chi connectivity index (χ3v) is 7.53. The van der Waals surface area contributed by atoms with E-state index in [1.165, 1.54) is 61.8 Å². The van der Waals surface area contributed by atoms with Crippen molar-refractivity contribution in [2.75, 3.05) is 27.3 Å². The highest BCUT2D eigenvalue weighted by atomic mass is 16.5. The number of amides is 4. The van der Waals surface area contributed by atoms with Crippen LogP contribution in [0.3, 0.4) is 0 Å². The molecular formula is C38H52N6O8. The van der Waals surface area contributed by atoms with E-state index in [9.17, 15) is 34.9 Å². The number of carbonyl (C=O) groups excluding carboxylic acids is 4. The van der Waals surface area contributed by atoms with Crippen LogP contribution >= 0.6 is 0 Å². The predicted octanol–water partition coefficient (Wildman–Crippen LogP) is 3.18. The van der Waals surface area contributed by atoms with Gasteiger partial charge in [-0.25, -0.2) is 14.6 Å². The molecule has 0 saturated carbocycles. The summed E-state index contributed by atoms with van der Waals surface area (Å²) in [5, 5.41) is 28.1. The number of benzene rings is 2. The van der Waals surface area contributed by atoms with E-state index in [0.717, 1.165) is 19.2 Å². The van der Waals surface area contributed by atoms with Crippen molar-refractivity contribution in [3.63, 3.8) is 0 Å². The molecular weight excluding hydrogens is 668 g/mol. The molecule has 2 aromatic carbocycles. The fraction of sp³-hybridized carbons (Fsp3) is 0.447. The number of methoxy groups -OCH3 is 2. The molecule has 0 aliphatic heterocycles. The highest BCUT2D eigenvalue weighted by molar-refractivity contribution is 5.87. The summed E-state index contributed by atoms with van der Waals surface area (Å²) >= 11 is 0. The van der Waals surface area contributed by atoms with Gasteiger partial charge >= 0.3 is 12.2 Å². The van der Waals surface area contributed by atoms with Crippen molar-refractivity contribution in [3.8, 4) is 11.3 Å². The highest BCUT2D eigenvalue weighted by Crippen LogP contribution is 2.23. The van der Waals surface area contributed by atoms with Gasteiger partial charge in [-0.3, -0.25) is 20.0 Å². The number of aliphatic hydroxyl groups is 2. The minimum atomic E-state index is -4.41. The first-order chi connectivity index (χ1) is 31.0. The van der Waals surface area contributed by atoms with Crippen LogP contribution in [-0.4, -0.2) is 95.7 Å². The van der Waals surface area contributed by atoms with Gasteiger partial charge in [0.25, 0.3) is 5.91 Å². The van der Waals surface area contributed by atoms with E-state index in [2.05, 4.69) is 25.1 Å². The van der Waals surface area contributed by atoms with E-state index in [0.29, 0.717) is 16.8 Å². The predicted molar refractivity (Wildman–Crippen MR) is 195 cm³/mol. The first-order valence-electron chi connectivity index (χ1n) is 23.6. The van der Waals surface area contributed by atoms with Crippen LogP contribution in [0.1, 0.15) is 67.5 Å². The Balaban J connectivity index is 2.41. The number of aliphatic hydroxyl groups excluding tert-OH is 2. The van der Waals surface area contributed by atoms with Gasteiger partial charge in [-0.2, -0.15) is 0 Å². The number of carbonyl (C=O) groups is 4. The van der Waals surface area contributed by atoms with Gasteiger partial charge in [-0.15, -0.1) is 0 Å². The summed E-state index contributed by atoms with van der Waals surface area (Å²) in [6, 6.07) is 10.2. The normalized spacial score (nSPS) is 20.0. The number of nitrogens with one attached hydrogen (secondary N) is 4. The molecule has 4 atom stereocenters. The highest BCUT2D eigenvalue weighted by Gasteiger charge is 2.39. The molecule has 4 amide bonds. The molecule has 3 rings (SSSR count). The molecule has 14 heteroatoms. The maximum Gasteiger partial charge on any atom is 0.407 e. The molecule has 282 valence electrons. The Morgan fingerprint density at radius 1 is 0.865 bits per heavy atom. The van der Waals surface area contributed by atoms with Crippen LogP contribution in [0.25, 0.3) is 11.3 Å². The van der Waals surface area contributed by atoms with Crippen LogP contribution in [0.2, 0.25) is 0 Å². The molecule has 52 heavy (non-hydrogen) atoms. The Labute approximate surface area is 327 Å². The number of ether oxygens (including phenoxy) is 2. The number of pyridine rings is 1. The lowest BCUT2D eigenvalue weighted by molar-refractivity contribution is -0.132. The van der Waals surface area contributed by atoms with Gasteiger partial charge in [-0.1, -0.05) is 95.1 Å². The molecule has 0 bridgehead atoms. The van der Waals surface area contributed by atoms with Crippen LogP contribution in [-0.2, 0) is 32.0 Å². The zero-order valence-corrected chi connectivity index (χ0v) is 28.5. The van der Waals surface area contributed by atoms with Gasteiger partial charge in [0.15, 0.2) is 0 Å². The van der Waals surface area contributed by atoms with Gasteiger partial charge < -0.3 is 35.6 Å². The van der Waals surface area contributed by atoms with Crippen LogP contribution in [0.15, 0.2) is 79.0 Å². The molecule has 14 nitrogen and oxygen atoms in total. The molecule has 0 aliphatic carbocycles. The number of nitrogens with zero attached hydrogens (tertiary/aromatic N) is 2. The van der Waals surface area contributed by atoms with Gasteiger partial charge in [0.1, 0.15) is 12.1 Å². The largest absolute Gasteiger partial charge is 0.453 e. The smallest absolute Gasteiger partial charge is 0.407 e. The molecule has 0 aliphatic rings. The Hall–Kier alpha value is -5.05. The number of hydrazine groups is 1. The molecule has 3 aromatic rings. The van der Waals surface area contributed by atoms with Crippen LogP contribution in [0.5, 0.6) is 0 Å². The summed E-state index contributed by atoms with van der Waals surface area (Å²) in [6.45, 7) is -18.4. The average molecular weight is 737 g/mol. The van der Waals surface area contributed by atoms with E-state index < -0.39 is 118 Å². The van der Waals surface area contributed by atoms with Gasteiger partial charge in [0.2, 0.25) is 5.91 Å². The Morgan fingerprint density at radius 3 is 2.12 bits per heavy atom. The van der Waals surface area contributed by atoms with Crippen molar-refractivity contribution < 1.29 is 60.8 Å².